The van der Waals surface area contributed by atoms with Crippen molar-refractivity contribution >= 4 is 5.91 Å². The third-order valence-corrected chi connectivity index (χ3v) is 1.34. The second kappa shape index (κ2) is 5.69. The molecule has 0 aromatic rings. The maximum Gasteiger partial charge on any atom is 0.223 e. The Morgan fingerprint density at radius 1 is 1.73 bits per heavy atom. The quantitative estimate of drug-likeness (QED) is 0.606. The summed E-state index contributed by atoms with van der Waals surface area (Å²) in [7, 11) is 1.68. The van der Waals surface area contributed by atoms with Crippen molar-refractivity contribution in [3.05, 3.63) is 0 Å². The van der Waals surface area contributed by atoms with Gasteiger partial charge in [-0.25, -0.2) is 0 Å². The molecule has 0 aromatic heterocycles. The van der Waals surface area contributed by atoms with Crippen LogP contribution in [0.15, 0.2) is 0 Å². The molecule has 0 spiro atoms. The zero-order valence-corrected chi connectivity index (χ0v) is 6.71. The minimum Gasteiger partial charge on any atom is -0.345 e. The second-order valence-corrected chi connectivity index (χ2v) is 2.26. The Kier molecular flexibility index (Phi) is 5.13. The van der Waals surface area contributed by atoms with Crippen molar-refractivity contribution in [2.75, 3.05) is 20.1 Å². The highest BCUT2D eigenvalue weighted by molar-refractivity contribution is 5.75. The van der Waals surface area contributed by atoms with Crippen molar-refractivity contribution in [1.82, 2.24) is 4.90 Å². The predicted molar refractivity (Wildman–Crippen MR) is 41.5 cm³/mol. The van der Waals surface area contributed by atoms with Crippen LogP contribution in [-0.2, 0) is 4.79 Å². The summed E-state index contributed by atoms with van der Waals surface area (Å²) in [4.78, 5) is 12.5. The first-order valence-corrected chi connectivity index (χ1v) is 3.53. The van der Waals surface area contributed by atoms with Gasteiger partial charge in [-0.05, 0) is 0 Å². The van der Waals surface area contributed by atoms with Crippen LogP contribution in [0.2, 0.25) is 0 Å². The lowest BCUT2D eigenvalue weighted by molar-refractivity contribution is -0.129. The zero-order valence-electron chi connectivity index (χ0n) is 6.71. The molecule has 4 heteroatoms. The summed E-state index contributed by atoms with van der Waals surface area (Å²) in [6, 6.07) is 1.97. The van der Waals surface area contributed by atoms with E-state index in [9.17, 15) is 4.79 Å². The summed E-state index contributed by atoms with van der Waals surface area (Å²) in [6.45, 7) is 0.866. The summed E-state index contributed by atoms with van der Waals surface area (Å²) >= 11 is 0. The first kappa shape index (κ1) is 9.92. The van der Waals surface area contributed by atoms with Crippen LogP contribution in [-0.4, -0.2) is 30.9 Å². The molecule has 0 aliphatic heterocycles. The fraction of sp³-hybridized carbons (Fsp3) is 0.714. The molecule has 0 radical (unpaired) electrons. The van der Waals surface area contributed by atoms with Crippen LogP contribution in [0.5, 0.6) is 0 Å². The summed E-state index contributed by atoms with van der Waals surface area (Å²) in [5.41, 5.74) is 5.18. The molecule has 62 valence electrons. The first-order chi connectivity index (χ1) is 5.22. The van der Waals surface area contributed by atoms with Gasteiger partial charge in [0.05, 0.1) is 12.5 Å². The number of nitrogens with zero attached hydrogens (tertiary/aromatic N) is 2. The van der Waals surface area contributed by atoms with Crippen LogP contribution in [0, 0.1) is 11.3 Å². The van der Waals surface area contributed by atoms with E-state index in [1.165, 1.54) is 4.90 Å². The van der Waals surface area contributed by atoms with E-state index in [-0.39, 0.29) is 5.91 Å². The first-order valence-electron chi connectivity index (χ1n) is 3.53. The van der Waals surface area contributed by atoms with Crippen molar-refractivity contribution in [1.29, 1.82) is 5.26 Å². The molecule has 2 N–H and O–H groups in total. The molecule has 0 heterocycles. The van der Waals surface area contributed by atoms with E-state index in [1.807, 2.05) is 6.07 Å². The van der Waals surface area contributed by atoms with Crippen LogP contribution in [0.4, 0.5) is 0 Å². The number of carbonyl (C=O) groups is 1. The van der Waals surface area contributed by atoms with Crippen molar-refractivity contribution in [2.24, 2.45) is 5.73 Å². The summed E-state index contributed by atoms with van der Waals surface area (Å²) in [6.07, 6.45) is 0.745. The Hall–Kier alpha value is -1.08. The summed E-state index contributed by atoms with van der Waals surface area (Å²) in [5, 5.41) is 8.21. The third kappa shape index (κ3) is 4.34. The molecule has 4 nitrogen and oxygen atoms in total. The van der Waals surface area contributed by atoms with Crippen molar-refractivity contribution in [3.8, 4) is 6.07 Å². The van der Waals surface area contributed by atoms with Gasteiger partial charge >= 0.3 is 0 Å². The molecular weight excluding hydrogens is 142 g/mol. The molecule has 1 amide bonds. The Labute approximate surface area is 66.6 Å². The van der Waals surface area contributed by atoms with E-state index in [4.69, 9.17) is 11.0 Å². The molecule has 0 rings (SSSR count). The maximum atomic E-state index is 11.0. The van der Waals surface area contributed by atoms with Gasteiger partial charge in [0.25, 0.3) is 0 Å². The zero-order chi connectivity index (χ0) is 8.69. The van der Waals surface area contributed by atoms with E-state index in [1.54, 1.807) is 7.05 Å². The lowest BCUT2D eigenvalue weighted by Gasteiger charge is -2.14. The number of rotatable bonds is 4. The smallest absolute Gasteiger partial charge is 0.223 e. The van der Waals surface area contributed by atoms with Crippen LogP contribution in [0.1, 0.15) is 12.8 Å². The molecule has 0 bridgehead atoms. The van der Waals surface area contributed by atoms with Crippen LogP contribution < -0.4 is 5.73 Å². The van der Waals surface area contributed by atoms with Crippen molar-refractivity contribution in [3.63, 3.8) is 0 Å². The summed E-state index contributed by atoms with van der Waals surface area (Å²) in [5.74, 6) is 0.00255. The van der Waals surface area contributed by atoms with Gasteiger partial charge in [0.15, 0.2) is 0 Å². The van der Waals surface area contributed by atoms with E-state index in [2.05, 4.69) is 0 Å². The van der Waals surface area contributed by atoms with Gasteiger partial charge in [-0.1, -0.05) is 0 Å². The Morgan fingerprint density at radius 3 is 2.82 bits per heavy atom. The molecule has 0 saturated heterocycles. The minimum atomic E-state index is 0.00255. The van der Waals surface area contributed by atoms with Gasteiger partial charge in [0.1, 0.15) is 0 Å². The lowest BCUT2D eigenvalue weighted by Crippen LogP contribution is -2.29. The van der Waals surface area contributed by atoms with Crippen LogP contribution in [0.3, 0.4) is 0 Å². The molecule has 0 unspecified atom stereocenters. The monoisotopic (exact) mass is 155 g/mol. The molecule has 0 saturated carbocycles. The third-order valence-electron chi connectivity index (χ3n) is 1.34. The topological polar surface area (TPSA) is 70.1 Å². The van der Waals surface area contributed by atoms with E-state index in [0.717, 1.165) is 0 Å². The highest BCUT2D eigenvalue weighted by Gasteiger charge is 2.05. The molecule has 0 aliphatic carbocycles. The molecule has 0 atom stereocenters. The average molecular weight is 155 g/mol. The van der Waals surface area contributed by atoms with Gasteiger partial charge in [0, 0.05) is 26.6 Å². The van der Waals surface area contributed by atoms with E-state index in [0.29, 0.717) is 25.9 Å². The number of nitrogens with two attached hydrogens (primary N) is 1. The number of hydrogen-bond donors (Lipinski definition) is 1. The normalized spacial score (nSPS) is 8.82. The van der Waals surface area contributed by atoms with Gasteiger partial charge in [-0.3, -0.25) is 4.79 Å². The lowest BCUT2D eigenvalue weighted by atomic mass is 10.3. The maximum absolute atomic E-state index is 11.0. The fourth-order valence-corrected chi connectivity index (χ4v) is 0.657. The average Bonchev–Trinajstić information content (AvgIpc) is 2.00. The fourth-order valence-electron chi connectivity index (χ4n) is 0.657. The molecule has 0 aromatic carbocycles. The van der Waals surface area contributed by atoms with Gasteiger partial charge in [-0.2, -0.15) is 5.26 Å². The molecule has 0 aliphatic rings. The Bertz CT molecular complexity index is 162. The van der Waals surface area contributed by atoms with Crippen LogP contribution >= 0.6 is 0 Å². The molecule has 11 heavy (non-hydrogen) atoms. The molecular formula is C7H13N3O. The van der Waals surface area contributed by atoms with Crippen LogP contribution in [0.25, 0.3) is 0 Å². The number of amides is 1. The summed E-state index contributed by atoms with van der Waals surface area (Å²) < 4.78 is 0. The van der Waals surface area contributed by atoms with E-state index >= 15 is 0 Å². The van der Waals surface area contributed by atoms with Crippen molar-refractivity contribution in [2.45, 2.75) is 12.8 Å². The molecule has 0 fully saturated rings. The van der Waals surface area contributed by atoms with Gasteiger partial charge in [-0.15, -0.1) is 0 Å². The standard InChI is InChI=1S/C7H13N3O/c1-10(6-2-4-8)7(11)3-5-9/h2-3,5-6,9H2,1H3. The predicted octanol–water partition coefficient (Wildman–Crippen LogP) is -0.293. The number of hydrogen-bond acceptors (Lipinski definition) is 3. The van der Waals surface area contributed by atoms with Gasteiger partial charge < -0.3 is 10.6 Å². The van der Waals surface area contributed by atoms with E-state index < -0.39 is 0 Å². The highest BCUT2D eigenvalue weighted by Crippen LogP contribution is 1.90. The largest absolute Gasteiger partial charge is 0.345 e. The minimum absolute atomic E-state index is 0.00255. The SMILES string of the molecule is CN(CCC#N)C(=O)CCN. The Balaban J connectivity index is 3.57. The Morgan fingerprint density at radius 2 is 2.36 bits per heavy atom. The van der Waals surface area contributed by atoms with Gasteiger partial charge in [0.2, 0.25) is 5.91 Å². The number of carbonyl (C=O) groups excluding carboxylic acids is 1. The number of nitriles is 1. The highest BCUT2D eigenvalue weighted by atomic mass is 16.2. The van der Waals surface area contributed by atoms with Crippen molar-refractivity contribution < 1.29 is 4.79 Å². The second-order valence-electron chi connectivity index (χ2n) is 2.26.